The number of hydrogen-bond donors (Lipinski definition) is 1. The van der Waals surface area contributed by atoms with Crippen LogP contribution in [0.2, 0.25) is 0 Å². The van der Waals surface area contributed by atoms with E-state index in [-0.39, 0.29) is 0 Å². The summed E-state index contributed by atoms with van der Waals surface area (Å²) >= 11 is 3.46. The predicted molar refractivity (Wildman–Crippen MR) is 57.9 cm³/mol. The molecule has 3 nitrogen and oxygen atoms in total. The lowest BCUT2D eigenvalue weighted by molar-refractivity contribution is 0.170. The van der Waals surface area contributed by atoms with Crippen molar-refractivity contribution in [3.63, 3.8) is 0 Å². The average molecular weight is 258 g/mol. The van der Waals surface area contributed by atoms with Crippen LogP contribution in [0.3, 0.4) is 0 Å². The molecule has 76 valence electrons. The van der Waals surface area contributed by atoms with Crippen molar-refractivity contribution < 1.29 is 9.47 Å². The fraction of sp³-hybridized carbons (Fsp3) is 0.400. The van der Waals surface area contributed by atoms with Crippen LogP contribution in [0, 0.1) is 0 Å². The largest absolute Gasteiger partial charge is 0.486 e. The molecule has 1 aliphatic rings. The van der Waals surface area contributed by atoms with Gasteiger partial charge in [-0.1, -0.05) is 0 Å². The van der Waals surface area contributed by atoms with Crippen LogP contribution in [0.1, 0.15) is 5.56 Å². The minimum Gasteiger partial charge on any atom is -0.486 e. The van der Waals surface area contributed by atoms with E-state index in [1.54, 1.807) is 0 Å². The zero-order valence-electron chi connectivity index (χ0n) is 7.75. The first-order valence-electron chi connectivity index (χ1n) is 4.59. The van der Waals surface area contributed by atoms with E-state index in [0.29, 0.717) is 19.8 Å². The minimum absolute atomic E-state index is 0.613. The lowest BCUT2D eigenvalue weighted by Gasteiger charge is -2.20. The fourth-order valence-electron chi connectivity index (χ4n) is 1.48. The summed E-state index contributed by atoms with van der Waals surface area (Å²) in [6, 6.07) is 4.02. The van der Waals surface area contributed by atoms with Gasteiger partial charge in [-0.15, -0.1) is 0 Å². The van der Waals surface area contributed by atoms with Gasteiger partial charge < -0.3 is 15.2 Å². The van der Waals surface area contributed by atoms with E-state index in [2.05, 4.69) is 15.9 Å². The first kappa shape index (κ1) is 9.80. The molecule has 14 heavy (non-hydrogen) atoms. The first-order chi connectivity index (χ1) is 6.81. The Kier molecular flexibility index (Phi) is 2.93. The predicted octanol–water partition coefficient (Wildman–Crippen LogP) is 1.72. The monoisotopic (exact) mass is 257 g/mol. The van der Waals surface area contributed by atoms with Crippen molar-refractivity contribution >= 4 is 15.9 Å². The second-order valence-corrected chi connectivity index (χ2v) is 3.99. The standard InChI is InChI=1S/C10H12BrNO2/c11-8-5-7(1-2-12)6-9-10(8)14-4-3-13-9/h5-6H,1-4,12H2. The smallest absolute Gasteiger partial charge is 0.175 e. The Balaban J connectivity index is 2.36. The number of ether oxygens (including phenoxy) is 2. The molecule has 0 atom stereocenters. The second-order valence-electron chi connectivity index (χ2n) is 3.14. The van der Waals surface area contributed by atoms with Crippen molar-refractivity contribution in [2.75, 3.05) is 19.8 Å². The maximum absolute atomic E-state index is 5.50. The van der Waals surface area contributed by atoms with Gasteiger partial charge in [0.25, 0.3) is 0 Å². The minimum atomic E-state index is 0.613. The van der Waals surface area contributed by atoms with E-state index in [4.69, 9.17) is 15.2 Å². The summed E-state index contributed by atoms with van der Waals surface area (Å²) in [7, 11) is 0. The Morgan fingerprint density at radius 1 is 1.29 bits per heavy atom. The van der Waals surface area contributed by atoms with Gasteiger partial charge in [0, 0.05) is 0 Å². The highest BCUT2D eigenvalue weighted by Crippen LogP contribution is 2.38. The summed E-state index contributed by atoms with van der Waals surface area (Å²) in [5.41, 5.74) is 6.67. The van der Waals surface area contributed by atoms with Gasteiger partial charge in [-0.2, -0.15) is 0 Å². The Labute approximate surface area is 91.3 Å². The molecule has 0 unspecified atom stereocenters. The second kappa shape index (κ2) is 4.19. The van der Waals surface area contributed by atoms with Crippen LogP contribution in [0.25, 0.3) is 0 Å². The first-order valence-corrected chi connectivity index (χ1v) is 5.38. The Morgan fingerprint density at radius 3 is 2.86 bits per heavy atom. The van der Waals surface area contributed by atoms with Gasteiger partial charge in [0.1, 0.15) is 13.2 Å². The SMILES string of the molecule is NCCc1cc(Br)c2c(c1)OCCO2. The summed E-state index contributed by atoms with van der Waals surface area (Å²) < 4.78 is 11.9. The number of halogens is 1. The molecule has 1 aliphatic heterocycles. The van der Waals surface area contributed by atoms with Crippen molar-refractivity contribution in [1.82, 2.24) is 0 Å². The molecule has 4 heteroatoms. The molecule has 0 amide bonds. The summed E-state index contributed by atoms with van der Waals surface area (Å²) in [4.78, 5) is 0. The van der Waals surface area contributed by atoms with E-state index < -0.39 is 0 Å². The van der Waals surface area contributed by atoms with Crippen molar-refractivity contribution in [2.24, 2.45) is 5.73 Å². The highest BCUT2D eigenvalue weighted by Gasteiger charge is 2.15. The third-order valence-electron chi connectivity index (χ3n) is 2.09. The van der Waals surface area contributed by atoms with Gasteiger partial charge in [-0.05, 0) is 46.6 Å². The molecule has 0 aromatic heterocycles. The van der Waals surface area contributed by atoms with Crippen LogP contribution < -0.4 is 15.2 Å². The van der Waals surface area contributed by atoms with E-state index >= 15 is 0 Å². The lowest BCUT2D eigenvalue weighted by Crippen LogP contribution is -2.16. The van der Waals surface area contributed by atoms with Gasteiger partial charge in [-0.25, -0.2) is 0 Å². The van der Waals surface area contributed by atoms with Crippen molar-refractivity contribution in [3.05, 3.63) is 22.2 Å². The van der Waals surface area contributed by atoms with E-state index in [1.165, 1.54) is 5.56 Å². The van der Waals surface area contributed by atoms with Crippen molar-refractivity contribution in [2.45, 2.75) is 6.42 Å². The van der Waals surface area contributed by atoms with Gasteiger partial charge in [0.05, 0.1) is 4.47 Å². The number of nitrogens with two attached hydrogens (primary N) is 1. The molecule has 2 rings (SSSR count). The Bertz CT molecular complexity index is 341. The van der Waals surface area contributed by atoms with Crippen molar-refractivity contribution in [1.29, 1.82) is 0 Å². The number of benzene rings is 1. The molecule has 1 heterocycles. The average Bonchev–Trinajstić information content (AvgIpc) is 2.18. The number of rotatable bonds is 2. The van der Waals surface area contributed by atoms with Crippen molar-refractivity contribution in [3.8, 4) is 11.5 Å². The van der Waals surface area contributed by atoms with Crippen LogP contribution in [0.5, 0.6) is 11.5 Å². The van der Waals surface area contributed by atoms with Crippen LogP contribution in [0.15, 0.2) is 16.6 Å². The van der Waals surface area contributed by atoms with E-state index in [1.807, 2.05) is 12.1 Å². The van der Waals surface area contributed by atoms with Gasteiger partial charge >= 0.3 is 0 Å². The molecule has 0 radical (unpaired) electrons. The van der Waals surface area contributed by atoms with E-state index in [0.717, 1.165) is 22.4 Å². The summed E-state index contributed by atoms with van der Waals surface area (Å²) in [5.74, 6) is 1.62. The van der Waals surface area contributed by atoms with Crippen LogP contribution in [-0.2, 0) is 6.42 Å². The molecule has 1 aromatic carbocycles. The summed E-state index contributed by atoms with van der Waals surface area (Å²) in [5, 5.41) is 0. The van der Waals surface area contributed by atoms with Gasteiger partial charge in [-0.3, -0.25) is 0 Å². The molecule has 0 fully saturated rings. The number of hydrogen-bond acceptors (Lipinski definition) is 3. The van der Waals surface area contributed by atoms with E-state index in [9.17, 15) is 0 Å². The topological polar surface area (TPSA) is 44.5 Å². The zero-order chi connectivity index (χ0) is 9.97. The molecular formula is C10H12BrNO2. The normalized spacial score (nSPS) is 14.1. The Hall–Kier alpha value is -0.740. The third kappa shape index (κ3) is 1.86. The third-order valence-corrected chi connectivity index (χ3v) is 2.68. The highest BCUT2D eigenvalue weighted by molar-refractivity contribution is 9.10. The molecule has 0 spiro atoms. The Morgan fingerprint density at radius 2 is 2.07 bits per heavy atom. The molecule has 0 aliphatic carbocycles. The fourth-order valence-corrected chi connectivity index (χ4v) is 2.08. The molecule has 0 saturated carbocycles. The highest BCUT2D eigenvalue weighted by atomic mass is 79.9. The summed E-state index contributed by atoms with van der Waals surface area (Å²) in [6.45, 7) is 1.87. The maximum atomic E-state index is 5.50. The number of fused-ring (bicyclic) bond motifs is 1. The summed E-state index contributed by atoms with van der Waals surface area (Å²) in [6.07, 6.45) is 0.856. The molecule has 2 N–H and O–H groups in total. The zero-order valence-corrected chi connectivity index (χ0v) is 9.34. The molecular weight excluding hydrogens is 246 g/mol. The molecule has 0 bridgehead atoms. The van der Waals surface area contributed by atoms with Crippen LogP contribution >= 0.6 is 15.9 Å². The van der Waals surface area contributed by atoms with Crippen LogP contribution in [-0.4, -0.2) is 19.8 Å². The molecule has 0 saturated heterocycles. The van der Waals surface area contributed by atoms with Gasteiger partial charge in [0.15, 0.2) is 11.5 Å². The lowest BCUT2D eigenvalue weighted by atomic mass is 10.1. The maximum Gasteiger partial charge on any atom is 0.175 e. The van der Waals surface area contributed by atoms with Gasteiger partial charge in [0.2, 0.25) is 0 Å². The molecule has 1 aromatic rings. The van der Waals surface area contributed by atoms with Crippen LogP contribution in [0.4, 0.5) is 0 Å². The quantitative estimate of drug-likeness (QED) is 0.878.